The molecule has 0 aliphatic rings. The summed E-state index contributed by atoms with van der Waals surface area (Å²) in [6, 6.07) is 11.6. The van der Waals surface area contributed by atoms with Crippen LogP contribution in [0.2, 0.25) is 0 Å². The normalized spacial score (nSPS) is 11.4. The van der Waals surface area contributed by atoms with Gasteiger partial charge in [-0.15, -0.1) is 0 Å². The van der Waals surface area contributed by atoms with Gasteiger partial charge in [-0.1, -0.05) is 29.1 Å². The molecule has 2 aromatic carbocycles. The molecule has 3 N–H and O–H groups in total. The molecule has 0 radical (unpaired) electrons. The first-order chi connectivity index (χ1) is 9.65. The van der Waals surface area contributed by atoms with E-state index in [9.17, 15) is 4.39 Å². The summed E-state index contributed by atoms with van der Waals surface area (Å²) in [5.74, 6) is 0.116. The van der Waals surface area contributed by atoms with Crippen molar-refractivity contribution in [3.05, 3.63) is 53.8 Å². The first-order valence-corrected chi connectivity index (χ1v) is 6.55. The maximum atomic E-state index is 13.3. The summed E-state index contributed by atoms with van der Waals surface area (Å²) in [6.45, 7) is 0. The van der Waals surface area contributed by atoms with Crippen LogP contribution in [0, 0.1) is 5.82 Å². The van der Waals surface area contributed by atoms with Gasteiger partial charge in [0.1, 0.15) is 11.6 Å². The number of rotatable bonds is 4. The van der Waals surface area contributed by atoms with Crippen LogP contribution in [0.15, 0.2) is 57.4 Å². The Morgan fingerprint density at radius 1 is 1.25 bits per heavy atom. The number of hydrogen-bond acceptors (Lipinski definition) is 4. The van der Waals surface area contributed by atoms with E-state index in [1.807, 2.05) is 24.3 Å². The van der Waals surface area contributed by atoms with E-state index in [0.29, 0.717) is 16.2 Å². The van der Waals surface area contributed by atoms with E-state index in [-0.39, 0.29) is 5.84 Å². The largest absolute Gasteiger partial charge is 0.496 e. The molecular weight excluding hydrogens is 279 g/mol. The van der Waals surface area contributed by atoms with E-state index in [4.69, 9.17) is 15.7 Å². The van der Waals surface area contributed by atoms with Crippen molar-refractivity contribution >= 4 is 17.6 Å². The number of nitrogens with two attached hydrogens (primary N) is 1. The van der Waals surface area contributed by atoms with E-state index >= 15 is 0 Å². The molecule has 0 amide bonds. The molecule has 0 aromatic heterocycles. The number of ether oxygens (including phenoxy) is 1. The van der Waals surface area contributed by atoms with Crippen molar-refractivity contribution in [2.75, 3.05) is 7.11 Å². The second-order valence-electron chi connectivity index (χ2n) is 3.88. The molecule has 0 aliphatic heterocycles. The third-order valence-corrected chi connectivity index (χ3v) is 3.75. The van der Waals surface area contributed by atoms with Gasteiger partial charge in [-0.3, -0.25) is 0 Å². The van der Waals surface area contributed by atoms with Crippen molar-refractivity contribution in [3.8, 4) is 5.75 Å². The Morgan fingerprint density at radius 3 is 2.70 bits per heavy atom. The van der Waals surface area contributed by atoms with Gasteiger partial charge in [0.15, 0.2) is 5.84 Å². The molecule has 0 aliphatic carbocycles. The van der Waals surface area contributed by atoms with Crippen LogP contribution in [0.3, 0.4) is 0 Å². The molecule has 0 saturated heterocycles. The summed E-state index contributed by atoms with van der Waals surface area (Å²) in [5.41, 5.74) is 5.91. The van der Waals surface area contributed by atoms with Crippen molar-refractivity contribution in [2.45, 2.75) is 9.79 Å². The maximum absolute atomic E-state index is 13.3. The highest BCUT2D eigenvalue weighted by Crippen LogP contribution is 2.36. The third-order valence-electron chi connectivity index (χ3n) is 2.61. The lowest BCUT2D eigenvalue weighted by Gasteiger charge is -2.11. The lowest BCUT2D eigenvalue weighted by molar-refractivity contribution is 0.318. The van der Waals surface area contributed by atoms with Crippen molar-refractivity contribution in [1.82, 2.24) is 0 Å². The Balaban J connectivity index is 2.43. The minimum Gasteiger partial charge on any atom is -0.496 e. The SMILES string of the molecule is COc1ccccc1Sc1ccc(F)cc1C(N)=NO. The number of hydrogen-bond donors (Lipinski definition) is 2. The zero-order valence-corrected chi connectivity index (χ0v) is 11.5. The average Bonchev–Trinajstić information content (AvgIpc) is 2.48. The van der Waals surface area contributed by atoms with E-state index in [1.165, 1.54) is 23.9 Å². The number of amidine groups is 1. The molecule has 0 spiro atoms. The molecule has 0 unspecified atom stereocenters. The highest BCUT2D eigenvalue weighted by atomic mass is 32.2. The fourth-order valence-corrected chi connectivity index (χ4v) is 2.71. The van der Waals surface area contributed by atoms with Crippen molar-refractivity contribution in [3.63, 3.8) is 0 Å². The molecule has 2 rings (SSSR count). The van der Waals surface area contributed by atoms with Gasteiger partial charge < -0.3 is 15.7 Å². The van der Waals surface area contributed by atoms with Crippen LogP contribution < -0.4 is 10.5 Å². The Kier molecular flexibility index (Phi) is 4.47. The predicted octanol–water partition coefficient (Wildman–Crippen LogP) is 3.08. The van der Waals surface area contributed by atoms with Gasteiger partial charge in [-0.25, -0.2) is 4.39 Å². The van der Waals surface area contributed by atoms with Gasteiger partial charge in [0.25, 0.3) is 0 Å². The number of benzene rings is 2. The maximum Gasteiger partial charge on any atom is 0.171 e. The number of para-hydroxylation sites is 1. The molecule has 0 fully saturated rings. The molecule has 0 heterocycles. The Morgan fingerprint density at radius 2 is 2.00 bits per heavy atom. The van der Waals surface area contributed by atoms with Crippen molar-refractivity contribution in [2.24, 2.45) is 10.9 Å². The van der Waals surface area contributed by atoms with Crippen LogP contribution in [0.1, 0.15) is 5.56 Å². The topological polar surface area (TPSA) is 67.8 Å². The van der Waals surface area contributed by atoms with Crippen molar-refractivity contribution < 1.29 is 14.3 Å². The summed E-state index contributed by atoms with van der Waals surface area (Å²) in [6.07, 6.45) is 0. The summed E-state index contributed by atoms with van der Waals surface area (Å²) in [7, 11) is 1.58. The number of oxime groups is 1. The molecule has 4 nitrogen and oxygen atoms in total. The van der Waals surface area contributed by atoms with E-state index < -0.39 is 5.82 Å². The lowest BCUT2D eigenvalue weighted by Crippen LogP contribution is -2.14. The van der Waals surface area contributed by atoms with E-state index in [1.54, 1.807) is 13.2 Å². The molecular formula is C14H13FN2O2S. The summed E-state index contributed by atoms with van der Waals surface area (Å²) < 4.78 is 18.6. The van der Waals surface area contributed by atoms with Gasteiger partial charge in [0.05, 0.1) is 12.0 Å². The van der Waals surface area contributed by atoms with Gasteiger partial charge in [-0.2, -0.15) is 0 Å². The Bertz CT molecular complexity index is 647. The fraction of sp³-hybridized carbons (Fsp3) is 0.0714. The lowest BCUT2D eigenvalue weighted by atomic mass is 10.2. The first-order valence-electron chi connectivity index (χ1n) is 5.74. The molecule has 2 aromatic rings. The quantitative estimate of drug-likeness (QED) is 0.393. The number of halogens is 1. The third kappa shape index (κ3) is 3.03. The van der Waals surface area contributed by atoms with Gasteiger partial charge >= 0.3 is 0 Å². The minimum absolute atomic E-state index is 0.137. The highest BCUT2D eigenvalue weighted by molar-refractivity contribution is 7.99. The van der Waals surface area contributed by atoms with Gasteiger partial charge in [-0.05, 0) is 30.3 Å². The fourth-order valence-electron chi connectivity index (χ4n) is 1.67. The van der Waals surface area contributed by atoms with Crippen LogP contribution in [0.25, 0.3) is 0 Å². The molecule has 0 bridgehead atoms. The zero-order valence-electron chi connectivity index (χ0n) is 10.7. The van der Waals surface area contributed by atoms with Crippen LogP contribution in [-0.2, 0) is 0 Å². The van der Waals surface area contributed by atoms with Crippen LogP contribution in [-0.4, -0.2) is 18.2 Å². The second kappa shape index (κ2) is 6.29. The van der Waals surface area contributed by atoms with Gasteiger partial charge in [0.2, 0.25) is 0 Å². The standard InChI is InChI=1S/C14H13FN2O2S/c1-19-11-4-2-3-5-13(11)20-12-7-6-9(15)8-10(12)14(16)17-18/h2-8,18H,1H3,(H2,16,17). The summed E-state index contributed by atoms with van der Waals surface area (Å²) in [5, 5.41) is 11.7. The average molecular weight is 292 g/mol. The van der Waals surface area contributed by atoms with E-state index in [2.05, 4.69) is 5.16 Å². The van der Waals surface area contributed by atoms with Gasteiger partial charge in [0, 0.05) is 10.5 Å². The predicted molar refractivity (Wildman–Crippen MR) is 76.0 cm³/mol. The molecule has 104 valence electrons. The first kappa shape index (κ1) is 14.2. The summed E-state index contributed by atoms with van der Waals surface area (Å²) >= 11 is 1.35. The molecule has 20 heavy (non-hydrogen) atoms. The molecule has 0 atom stereocenters. The van der Waals surface area contributed by atoms with Crippen LogP contribution in [0.4, 0.5) is 4.39 Å². The monoisotopic (exact) mass is 292 g/mol. The Hall–Kier alpha value is -2.21. The smallest absolute Gasteiger partial charge is 0.171 e. The molecule has 6 heteroatoms. The summed E-state index contributed by atoms with van der Waals surface area (Å²) in [4.78, 5) is 1.53. The van der Waals surface area contributed by atoms with Crippen LogP contribution in [0.5, 0.6) is 5.75 Å². The van der Waals surface area contributed by atoms with Crippen LogP contribution >= 0.6 is 11.8 Å². The van der Waals surface area contributed by atoms with E-state index in [0.717, 1.165) is 4.90 Å². The second-order valence-corrected chi connectivity index (χ2v) is 4.96. The number of nitrogens with zero attached hydrogens (tertiary/aromatic N) is 1. The Labute approximate surface area is 120 Å². The number of methoxy groups -OCH3 is 1. The molecule has 0 saturated carbocycles. The minimum atomic E-state index is -0.448. The van der Waals surface area contributed by atoms with Crippen molar-refractivity contribution in [1.29, 1.82) is 0 Å². The highest BCUT2D eigenvalue weighted by Gasteiger charge is 2.12. The zero-order chi connectivity index (χ0) is 14.5.